The molecule has 1 heterocycles. The molecule has 0 spiro atoms. The normalized spacial score (nSPS) is 12.2. The van der Waals surface area contributed by atoms with Crippen molar-refractivity contribution in [3.63, 3.8) is 0 Å². The van der Waals surface area contributed by atoms with E-state index in [2.05, 4.69) is 22.6 Å². The van der Waals surface area contributed by atoms with E-state index >= 15 is 0 Å². The van der Waals surface area contributed by atoms with Crippen molar-refractivity contribution in [3.05, 3.63) is 35.7 Å². The minimum atomic E-state index is 0.185. The summed E-state index contributed by atoms with van der Waals surface area (Å²) in [7, 11) is 5.15. The van der Waals surface area contributed by atoms with E-state index in [0.29, 0.717) is 6.54 Å². The van der Waals surface area contributed by atoms with Gasteiger partial charge < -0.3 is 14.8 Å². The number of ether oxygens (including phenoxy) is 2. The van der Waals surface area contributed by atoms with Crippen molar-refractivity contribution >= 4 is 0 Å². The summed E-state index contributed by atoms with van der Waals surface area (Å²) in [6.07, 6.45) is 1.76. The Bertz CT molecular complexity index is 568. The van der Waals surface area contributed by atoms with Crippen molar-refractivity contribution in [2.45, 2.75) is 19.5 Å². The molecule has 0 radical (unpaired) electrons. The number of hydrogen-bond donors (Lipinski definition) is 1. The predicted molar refractivity (Wildman–Crippen MR) is 75.8 cm³/mol. The molecule has 0 amide bonds. The van der Waals surface area contributed by atoms with E-state index in [1.807, 2.05) is 25.2 Å². The smallest absolute Gasteiger partial charge is 0.161 e. The number of aromatic nitrogens is 3. The highest BCUT2D eigenvalue weighted by Crippen LogP contribution is 2.29. The minimum Gasteiger partial charge on any atom is -0.493 e. The number of nitrogens with zero attached hydrogens (tertiary/aromatic N) is 3. The first-order valence-corrected chi connectivity index (χ1v) is 6.44. The Labute approximate surface area is 118 Å². The number of methoxy groups -OCH3 is 2. The summed E-state index contributed by atoms with van der Waals surface area (Å²) >= 11 is 0. The molecule has 0 aliphatic heterocycles. The Morgan fingerprint density at radius 2 is 2.00 bits per heavy atom. The van der Waals surface area contributed by atoms with E-state index < -0.39 is 0 Å². The molecule has 2 rings (SSSR count). The number of hydrogen-bond acceptors (Lipinski definition) is 5. The molecule has 0 saturated heterocycles. The fourth-order valence-electron chi connectivity index (χ4n) is 1.97. The third-order valence-electron chi connectivity index (χ3n) is 3.31. The summed E-state index contributed by atoms with van der Waals surface area (Å²) in [5, 5.41) is 11.2. The Hall–Kier alpha value is -2.08. The number of aryl methyl sites for hydroxylation is 1. The van der Waals surface area contributed by atoms with Gasteiger partial charge in [0.25, 0.3) is 0 Å². The maximum absolute atomic E-state index is 5.32. The Morgan fingerprint density at radius 1 is 1.25 bits per heavy atom. The lowest BCUT2D eigenvalue weighted by Gasteiger charge is -2.16. The van der Waals surface area contributed by atoms with Crippen LogP contribution in [0.3, 0.4) is 0 Å². The van der Waals surface area contributed by atoms with Crippen LogP contribution in [-0.4, -0.2) is 29.2 Å². The molecule has 108 valence electrons. The largest absolute Gasteiger partial charge is 0.493 e. The first-order chi connectivity index (χ1) is 9.65. The second kappa shape index (κ2) is 6.38. The molecular weight excluding hydrogens is 256 g/mol. The quantitative estimate of drug-likeness (QED) is 0.870. The van der Waals surface area contributed by atoms with Crippen molar-refractivity contribution in [3.8, 4) is 11.5 Å². The Morgan fingerprint density at radius 3 is 2.60 bits per heavy atom. The van der Waals surface area contributed by atoms with E-state index in [-0.39, 0.29) is 6.04 Å². The van der Waals surface area contributed by atoms with Gasteiger partial charge in [0.1, 0.15) is 0 Å². The van der Waals surface area contributed by atoms with Gasteiger partial charge >= 0.3 is 0 Å². The number of nitrogens with one attached hydrogen (secondary N) is 1. The summed E-state index contributed by atoms with van der Waals surface area (Å²) < 4.78 is 12.3. The summed E-state index contributed by atoms with van der Waals surface area (Å²) in [6, 6.07) is 6.11. The van der Waals surface area contributed by atoms with E-state index in [1.54, 1.807) is 25.1 Å². The number of benzene rings is 1. The summed E-state index contributed by atoms with van der Waals surface area (Å²) in [4.78, 5) is 0. The lowest BCUT2D eigenvalue weighted by atomic mass is 10.1. The molecule has 2 aromatic rings. The van der Waals surface area contributed by atoms with Gasteiger partial charge in [0.05, 0.1) is 26.1 Å². The molecule has 0 fully saturated rings. The highest BCUT2D eigenvalue weighted by Gasteiger charge is 2.10. The van der Waals surface area contributed by atoms with Crippen molar-refractivity contribution in [2.75, 3.05) is 14.2 Å². The zero-order valence-corrected chi connectivity index (χ0v) is 12.3. The van der Waals surface area contributed by atoms with Crippen molar-refractivity contribution in [1.29, 1.82) is 0 Å². The fraction of sp³-hybridized carbons (Fsp3) is 0.429. The van der Waals surface area contributed by atoms with Crippen LogP contribution in [0.25, 0.3) is 0 Å². The van der Waals surface area contributed by atoms with Gasteiger partial charge in [-0.2, -0.15) is 0 Å². The molecule has 1 atom stereocenters. The molecule has 0 aliphatic rings. The first-order valence-electron chi connectivity index (χ1n) is 6.44. The maximum atomic E-state index is 5.32. The molecule has 6 heteroatoms. The second-order valence-electron chi connectivity index (χ2n) is 4.57. The average Bonchev–Trinajstić information content (AvgIpc) is 2.89. The zero-order valence-electron chi connectivity index (χ0n) is 12.3. The predicted octanol–water partition coefficient (Wildman–Crippen LogP) is 1.68. The number of rotatable bonds is 6. The molecule has 0 aliphatic carbocycles. The minimum absolute atomic E-state index is 0.185. The van der Waals surface area contributed by atoms with E-state index in [4.69, 9.17) is 9.47 Å². The molecule has 6 nitrogen and oxygen atoms in total. The lowest BCUT2D eigenvalue weighted by molar-refractivity contribution is 0.354. The highest BCUT2D eigenvalue weighted by molar-refractivity contribution is 5.43. The molecule has 0 bridgehead atoms. The van der Waals surface area contributed by atoms with E-state index in [0.717, 1.165) is 22.8 Å². The van der Waals surface area contributed by atoms with Gasteiger partial charge in [0.2, 0.25) is 0 Å². The summed E-state index contributed by atoms with van der Waals surface area (Å²) in [5.74, 6) is 1.47. The topological polar surface area (TPSA) is 61.2 Å². The second-order valence-corrected chi connectivity index (χ2v) is 4.57. The summed E-state index contributed by atoms with van der Waals surface area (Å²) in [6.45, 7) is 2.81. The van der Waals surface area contributed by atoms with Crippen LogP contribution in [-0.2, 0) is 13.6 Å². The van der Waals surface area contributed by atoms with Crippen LogP contribution < -0.4 is 14.8 Å². The van der Waals surface area contributed by atoms with Crippen LogP contribution in [0.15, 0.2) is 24.4 Å². The van der Waals surface area contributed by atoms with E-state index in [9.17, 15) is 0 Å². The first kappa shape index (κ1) is 14.3. The molecule has 1 N–H and O–H groups in total. The average molecular weight is 276 g/mol. The molecule has 20 heavy (non-hydrogen) atoms. The third kappa shape index (κ3) is 3.08. The SMILES string of the molecule is COc1ccc(C(C)NCc2cnnn2C)cc1OC. The van der Waals surface area contributed by atoms with Crippen LogP contribution in [0.2, 0.25) is 0 Å². The standard InChI is InChI=1S/C14H20N4O2/c1-10(15-8-12-9-16-17-18(12)2)11-5-6-13(19-3)14(7-11)20-4/h5-7,9-10,15H,8H2,1-4H3. The van der Waals surface area contributed by atoms with Gasteiger partial charge in [-0.25, -0.2) is 0 Å². The fourth-order valence-corrected chi connectivity index (χ4v) is 1.97. The molecule has 1 aromatic carbocycles. The lowest BCUT2D eigenvalue weighted by Crippen LogP contribution is -2.19. The Balaban J connectivity index is 2.05. The third-order valence-corrected chi connectivity index (χ3v) is 3.31. The van der Waals surface area contributed by atoms with Crippen LogP contribution in [0, 0.1) is 0 Å². The van der Waals surface area contributed by atoms with Crippen molar-refractivity contribution < 1.29 is 9.47 Å². The molecule has 0 saturated carbocycles. The van der Waals surface area contributed by atoms with Crippen LogP contribution in [0.5, 0.6) is 11.5 Å². The van der Waals surface area contributed by atoms with Crippen LogP contribution in [0.4, 0.5) is 0 Å². The van der Waals surface area contributed by atoms with Gasteiger partial charge in [-0.05, 0) is 24.6 Å². The monoisotopic (exact) mass is 276 g/mol. The Kier molecular flexibility index (Phi) is 4.57. The van der Waals surface area contributed by atoms with Crippen molar-refractivity contribution in [1.82, 2.24) is 20.3 Å². The van der Waals surface area contributed by atoms with Gasteiger partial charge in [-0.3, -0.25) is 4.68 Å². The summed E-state index contributed by atoms with van der Waals surface area (Å²) in [5.41, 5.74) is 2.18. The molecule has 1 unspecified atom stereocenters. The maximum Gasteiger partial charge on any atom is 0.161 e. The zero-order chi connectivity index (χ0) is 14.5. The van der Waals surface area contributed by atoms with Gasteiger partial charge in [0.15, 0.2) is 11.5 Å². The van der Waals surface area contributed by atoms with Gasteiger partial charge in [-0.15, -0.1) is 5.10 Å². The van der Waals surface area contributed by atoms with Crippen molar-refractivity contribution in [2.24, 2.45) is 7.05 Å². The van der Waals surface area contributed by atoms with Crippen LogP contribution >= 0.6 is 0 Å². The van der Waals surface area contributed by atoms with Gasteiger partial charge in [0, 0.05) is 19.6 Å². The highest BCUT2D eigenvalue weighted by atomic mass is 16.5. The molecule has 1 aromatic heterocycles. The van der Waals surface area contributed by atoms with Gasteiger partial charge in [-0.1, -0.05) is 11.3 Å². The van der Waals surface area contributed by atoms with E-state index in [1.165, 1.54) is 0 Å². The van der Waals surface area contributed by atoms with Crippen LogP contribution in [0.1, 0.15) is 24.2 Å². The molecular formula is C14H20N4O2.